The van der Waals surface area contributed by atoms with Gasteiger partial charge in [0.1, 0.15) is 0 Å². The molecule has 116 valence electrons. The Bertz CT molecular complexity index is 707. The molecule has 22 heavy (non-hydrogen) atoms. The van der Waals surface area contributed by atoms with Crippen LogP contribution in [-0.2, 0) is 14.3 Å². The van der Waals surface area contributed by atoms with E-state index in [0.717, 1.165) is 15.4 Å². The first kappa shape index (κ1) is 15.1. The van der Waals surface area contributed by atoms with Gasteiger partial charge >= 0.3 is 5.97 Å². The molecule has 1 amide bonds. The lowest BCUT2D eigenvalue weighted by Crippen LogP contribution is -2.42. The van der Waals surface area contributed by atoms with Gasteiger partial charge in [-0.05, 0) is 18.2 Å². The van der Waals surface area contributed by atoms with Crippen LogP contribution in [-0.4, -0.2) is 54.7 Å². The van der Waals surface area contributed by atoms with Gasteiger partial charge in [0.2, 0.25) is 0 Å². The van der Waals surface area contributed by atoms with Crippen molar-refractivity contribution in [2.75, 3.05) is 32.9 Å². The van der Waals surface area contributed by atoms with Gasteiger partial charge in [-0.1, -0.05) is 15.9 Å². The third kappa shape index (κ3) is 3.15. The maximum Gasteiger partial charge on any atom is 0.340 e. The van der Waals surface area contributed by atoms with E-state index in [9.17, 15) is 9.59 Å². The van der Waals surface area contributed by atoms with Crippen molar-refractivity contribution in [2.45, 2.75) is 0 Å². The standard InChI is InChI=1S/C15H15BrN2O4/c16-10-1-2-13-11(7-10)12(8-17-13)15(20)22-9-14(19)18-3-5-21-6-4-18/h1-2,7-8,17H,3-6,9H2. The SMILES string of the molecule is O=C(OCC(=O)N1CCOCC1)c1c[nH]c2ccc(Br)cc12. The molecule has 1 aliphatic rings. The number of carbonyl (C=O) groups is 2. The Labute approximate surface area is 135 Å². The van der Waals surface area contributed by atoms with Gasteiger partial charge in [-0.2, -0.15) is 0 Å². The van der Waals surface area contributed by atoms with Crippen LogP contribution < -0.4 is 0 Å². The number of ether oxygens (including phenoxy) is 2. The third-order valence-corrected chi connectivity index (χ3v) is 4.05. The lowest BCUT2D eigenvalue weighted by Gasteiger charge is -2.26. The largest absolute Gasteiger partial charge is 0.452 e. The van der Waals surface area contributed by atoms with Crippen LogP contribution in [0.1, 0.15) is 10.4 Å². The molecule has 1 fully saturated rings. The highest BCUT2D eigenvalue weighted by atomic mass is 79.9. The second-order valence-electron chi connectivity index (χ2n) is 4.96. The van der Waals surface area contributed by atoms with E-state index in [0.29, 0.717) is 31.9 Å². The summed E-state index contributed by atoms with van der Waals surface area (Å²) in [6.07, 6.45) is 1.60. The lowest BCUT2D eigenvalue weighted by atomic mass is 10.2. The molecule has 1 aromatic heterocycles. The van der Waals surface area contributed by atoms with Crippen molar-refractivity contribution >= 4 is 38.7 Å². The van der Waals surface area contributed by atoms with E-state index in [1.807, 2.05) is 18.2 Å². The maximum atomic E-state index is 12.2. The van der Waals surface area contributed by atoms with Gasteiger partial charge in [0, 0.05) is 34.7 Å². The zero-order valence-electron chi connectivity index (χ0n) is 11.8. The van der Waals surface area contributed by atoms with Crippen molar-refractivity contribution in [3.05, 3.63) is 34.4 Å². The van der Waals surface area contributed by atoms with Gasteiger partial charge in [0.15, 0.2) is 6.61 Å². The molecule has 1 aliphatic heterocycles. The number of aromatic nitrogens is 1. The average molecular weight is 367 g/mol. The predicted octanol–water partition coefficient (Wildman–Crippen LogP) is 1.95. The molecule has 0 saturated carbocycles. The van der Waals surface area contributed by atoms with Crippen LogP contribution in [0.4, 0.5) is 0 Å². The Kier molecular flexibility index (Phi) is 4.44. The lowest BCUT2D eigenvalue weighted by molar-refractivity contribution is -0.138. The van der Waals surface area contributed by atoms with Gasteiger partial charge in [-0.25, -0.2) is 4.79 Å². The van der Waals surface area contributed by atoms with Crippen molar-refractivity contribution < 1.29 is 19.1 Å². The summed E-state index contributed by atoms with van der Waals surface area (Å²) in [5, 5.41) is 0.762. The monoisotopic (exact) mass is 366 g/mol. The van der Waals surface area contributed by atoms with E-state index >= 15 is 0 Å². The van der Waals surface area contributed by atoms with Crippen LogP contribution >= 0.6 is 15.9 Å². The normalized spacial score (nSPS) is 15.0. The molecule has 7 heteroatoms. The van der Waals surface area contributed by atoms with Gasteiger partial charge < -0.3 is 19.4 Å². The summed E-state index contributed by atoms with van der Waals surface area (Å²) >= 11 is 3.38. The summed E-state index contributed by atoms with van der Waals surface area (Å²) in [7, 11) is 0. The molecule has 6 nitrogen and oxygen atoms in total. The molecule has 1 aromatic carbocycles. The first-order valence-corrected chi connectivity index (χ1v) is 7.74. The van der Waals surface area contributed by atoms with Gasteiger partial charge in [0.25, 0.3) is 5.91 Å². The van der Waals surface area contributed by atoms with E-state index in [-0.39, 0.29) is 12.5 Å². The first-order chi connectivity index (χ1) is 10.6. The fraction of sp³-hybridized carbons (Fsp3) is 0.333. The molecule has 0 radical (unpaired) electrons. The summed E-state index contributed by atoms with van der Waals surface area (Å²) in [4.78, 5) is 28.8. The second-order valence-corrected chi connectivity index (χ2v) is 5.88. The molecule has 0 unspecified atom stereocenters. The molecule has 0 atom stereocenters. The fourth-order valence-corrected chi connectivity index (χ4v) is 2.73. The number of benzene rings is 1. The number of fused-ring (bicyclic) bond motifs is 1. The number of carbonyl (C=O) groups excluding carboxylic acids is 2. The maximum absolute atomic E-state index is 12.2. The Balaban J connectivity index is 1.66. The van der Waals surface area contributed by atoms with Crippen molar-refractivity contribution in [3.63, 3.8) is 0 Å². The minimum Gasteiger partial charge on any atom is -0.452 e. The highest BCUT2D eigenvalue weighted by Gasteiger charge is 2.20. The van der Waals surface area contributed by atoms with Crippen LogP contribution in [0.3, 0.4) is 0 Å². The van der Waals surface area contributed by atoms with Crippen molar-refractivity contribution in [2.24, 2.45) is 0 Å². The molecular formula is C15H15BrN2O4. The van der Waals surface area contributed by atoms with Crippen molar-refractivity contribution in [1.29, 1.82) is 0 Å². The van der Waals surface area contributed by atoms with E-state index < -0.39 is 5.97 Å². The highest BCUT2D eigenvalue weighted by Crippen LogP contribution is 2.23. The zero-order valence-corrected chi connectivity index (χ0v) is 13.4. The Hall–Kier alpha value is -1.86. The minimum absolute atomic E-state index is 0.197. The predicted molar refractivity (Wildman–Crippen MR) is 83.7 cm³/mol. The minimum atomic E-state index is -0.508. The molecule has 0 aliphatic carbocycles. The molecule has 0 spiro atoms. The molecule has 1 N–H and O–H groups in total. The van der Waals surface area contributed by atoms with Crippen LogP contribution in [0.2, 0.25) is 0 Å². The number of hydrogen-bond acceptors (Lipinski definition) is 4. The Morgan fingerprint density at radius 1 is 1.32 bits per heavy atom. The number of hydrogen-bond donors (Lipinski definition) is 1. The number of H-pyrrole nitrogens is 1. The summed E-state index contributed by atoms with van der Waals surface area (Å²) in [6.45, 7) is 1.87. The topological polar surface area (TPSA) is 71.6 Å². The second kappa shape index (κ2) is 6.50. The summed E-state index contributed by atoms with van der Waals surface area (Å²) in [5.41, 5.74) is 1.26. The third-order valence-electron chi connectivity index (χ3n) is 3.55. The van der Waals surface area contributed by atoms with E-state index in [1.54, 1.807) is 11.1 Å². The van der Waals surface area contributed by atoms with Crippen molar-refractivity contribution in [3.8, 4) is 0 Å². The summed E-state index contributed by atoms with van der Waals surface area (Å²) in [6, 6.07) is 5.59. The number of esters is 1. The number of morpholine rings is 1. The average Bonchev–Trinajstić information content (AvgIpc) is 2.96. The number of halogens is 1. The number of amides is 1. The summed E-state index contributed by atoms with van der Waals surface area (Å²) in [5.74, 6) is -0.705. The molecule has 0 bridgehead atoms. The molecular weight excluding hydrogens is 352 g/mol. The van der Waals surface area contributed by atoms with E-state index in [2.05, 4.69) is 20.9 Å². The zero-order chi connectivity index (χ0) is 15.5. The van der Waals surface area contributed by atoms with Crippen LogP contribution in [0.15, 0.2) is 28.9 Å². The quantitative estimate of drug-likeness (QED) is 0.842. The van der Waals surface area contributed by atoms with Crippen LogP contribution in [0, 0.1) is 0 Å². The summed E-state index contributed by atoms with van der Waals surface area (Å²) < 4.78 is 11.2. The Morgan fingerprint density at radius 3 is 2.86 bits per heavy atom. The first-order valence-electron chi connectivity index (χ1n) is 6.94. The molecule has 1 saturated heterocycles. The van der Waals surface area contributed by atoms with E-state index in [4.69, 9.17) is 9.47 Å². The molecule has 2 aromatic rings. The Morgan fingerprint density at radius 2 is 2.09 bits per heavy atom. The smallest absolute Gasteiger partial charge is 0.340 e. The van der Waals surface area contributed by atoms with Gasteiger partial charge in [-0.3, -0.25) is 4.79 Å². The van der Waals surface area contributed by atoms with Gasteiger partial charge in [0.05, 0.1) is 18.8 Å². The number of nitrogens with one attached hydrogen (secondary N) is 1. The van der Waals surface area contributed by atoms with Gasteiger partial charge in [-0.15, -0.1) is 0 Å². The number of rotatable bonds is 3. The van der Waals surface area contributed by atoms with E-state index in [1.165, 1.54) is 0 Å². The molecule has 2 heterocycles. The number of aromatic amines is 1. The van der Waals surface area contributed by atoms with Crippen LogP contribution in [0.25, 0.3) is 10.9 Å². The fourth-order valence-electron chi connectivity index (χ4n) is 2.37. The number of nitrogens with zero attached hydrogens (tertiary/aromatic N) is 1. The highest BCUT2D eigenvalue weighted by molar-refractivity contribution is 9.10. The van der Waals surface area contributed by atoms with Crippen LogP contribution in [0.5, 0.6) is 0 Å². The molecule has 3 rings (SSSR count). The van der Waals surface area contributed by atoms with Crippen molar-refractivity contribution in [1.82, 2.24) is 9.88 Å².